The van der Waals surface area contributed by atoms with Crippen LogP contribution in [0.15, 0.2) is 24.3 Å². The minimum absolute atomic E-state index is 0.0925. The summed E-state index contributed by atoms with van der Waals surface area (Å²) in [6.07, 6.45) is 0.342. The zero-order valence-electron chi connectivity index (χ0n) is 16.9. The lowest BCUT2D eigenvalue weighted by molar-refractivity contribution is -0.119. The molecular formula is C21H23FN4O4. The Morgan fingerprint density at radius 1 is 1.37 bits per heavy atom. The van der Waals surface area contributed by atoms with E-state index in [0.29, 0.717) is 55.7 Å². The molecule has 9 heteroatoms. The highest BCUT2D eigenvalue weighted by atomic mass is 19.1. The highest BCUT2D eigenvalue weighted by Gasteiger charge is 2.38. The quantitative estimate of drug-likeness (QED) is 0.832. The fourth-order valence-electron chi connectivity index (χ4n) is 4.23. The van der Waals surface area contributed by atoms with E-state index in [4.69, 9.17) is 9.57 Å². The Labute approximate surface area is 173 Å². The molecule has 1 aromatic carbocycles. The van der Waals surface area contributed by atoms with Crippen LogP contribution in [-0.4, -0.2) is 58.9 Å². The minimum atomic E-state index is -1.34. The van der Waals surface area contributed by atoms with Crippen molar-refractivity contribution in [1.82, 2.24) is 14.9 Å². The number of carbonyl (C=O) groups excluding carboxylic acids is 2. The van der Waals surface area contributed by atoms with Gasteiger partial charge < -0.3 is 14.6 Å². The van der Waals surface area contributed by atoms with Gasteiger partial charge >= 0.3 is 0 Å². The number of H-pyrrole nitrogens is 1. The van der Waals surface area contributed by atoms with E-state index in [1.807, 2.05) is 24.0 Å². The average molecular weight is 414 g/mol. The number of hydrogen-bond donors (Lipinski definition) is 1. The molecule has 1 N–H and O–H groups in total. The summed E-state index contributed by atoms with van der Waals surface area (Å²) in [6, 6.07) is 7.23. The molecule has 8 nitrogen and oxygen atoms in total. The largest absolute Gasteiger partial charge is 0.469 e. The third kappa shape index (κ3) is 3.00. The predicted molar refractivity (Wildman–Crippen MR) is 106 cm³/mol. The van der Waals surface area contributed by atoms with Gasteiger partial charge in [0.1, 0.15) is 11.4 Å². The molecule has 5 rings (SSSR count). The number of anilines is 2. The number of carbonyl (C=O) groups is 2. The number of rotatable bonds is 4. The molecular weight excluding hydrogens is 391 g/mol. The zero-order valence-corrected chi connectivity index (χ0v) is 16.9. The molecule has 1 aromatic heterocycles. The smallest absolute Gasteiger partial charge is 0.278 e. The molecule has 0 saturated carbocycles. The number of nitrogens with one attached hydrogen (secondary N) is 1. The van der Waals surface area contributed by atoms with Crippen LogP contribution in [0.2, 0.25) is 0 Å². The topological polar surface area (TPSA) is 78.1 Å². The fourth-order valence-corrected chi connectivity index (χ4v) is 4.23. The number of hydrogen-bond acceptors (Lipinski definition) is 5. The molecule has 2 aromatic rings. The lowest BCUT2D eigenvalue weighted by atomic mass is 10.1. The second-order valence-electron chi connectivity index (χ2n) is 8.09. The minimum Gasteiger partial charge on any atom is -0.469 e. The number of ether oxygens (including phenoxy) is 1. The van der Waals surface area contributed by atoms with Crippen LogP contribution in [0.3, 0.4) is 0 Å². The summed E-state index contributed by atoms with van der Waals surface area (Å²) in [5, 5.41) is 1.36. The standard InChI is InChI=1S/C21H23FN4O4/c1-3-30-26-10-13-8-14(4-5-15(13)19(26)27)25-12-29-17-9-16(23-18(17)25)20(28)24-7-6-21(2,22)11-24/h4-5,8-9,23H,3,6-7,10-12H2,1-2H3. The summed E-state index contributed by atoms with van der Waals surface area (Å²) in [4.78, 5) is 37.1. The van der Waals surface area contributed by atoms with Crippen LogP contribution in [0.25, 0.3) is 0 Å². The number of nitrogens with zero attached hydrogens (tertiary/aromatic N) is 3. The first-order chi connectivity index (χ1) is 14.4. The second kappa shape index (κ2) is 6.73. The molecule has 1 saturated heterocycles. The molecule has 30 heavy (non-hydrogen) atoms. The maximum atomic E-state index is 14.1. The summed E-state index contributed by atoms with van der Waals surface area (Å²) in [5.41, 5.74) is 1.38. The Morgan fingerprint density at radius 2 is 2.20 bits per heavy atom. The first kappa shape index (κ1) is 18.9. The molecule has 0 radical (unpaired) electrons. The van der Waals surface area contributed by atoms with Crippen molar-refractivity contribution in [3.63, 3.8) is 0 Å². The Balaban J connectivity index is 1.38. The summed E-state index contributed by atoms with van der Waals surface area (Å²) in [6.45, 7) is 4.96. The van der Waals surface area contributed by atoms with Gasteiger partial charge in [-0.2, -0.15) is 0 Å². The SMILES string of the molecule is CCON1Cc2cc(N3COc4cc(C(=O)N5CCC(C)(F)C5)[nH]c43)ccc2C1=O. The summed E-state index contributed by atoms with van der Waals surface area (Å²) < 4.78 is 19.9. The van der Waals surface area contributed by atoms with Crippen molar-refractivity contribution < 1.29 is 23.6 Å². The Morgan fingerprint density at radius 3 is 2.93 bits per heavy atom. The molecule has 1 unspecified atom stereocenters. The predicted octanol–water partition coefficient (Wildman–Crippen LogP) is 2.98. The van der Waals surface area contributed by atoms with Crippen LogP contribution in [0.5, 0.6) is 5.75 Å². The molecule has 4 heterocycles. The van der Waals surface area contributed by atoms with Gasteiger partial charge in [-0.05, 0) is 37.6 Å². The van der Waals surface area contributed by atoms with Crippen LogP contribution in [0.4, 0.5) is 15.9 Å². The fraction of sp³-hybridized carbons (Fsp3) is 0.429. The number of aromatic amines is 1. The van der Waals surface area contributed by atoms with Crippen LogP contribution >= 0.6 is 0 Å². The number of alkyl halides is 1. The normalized spacial score (nSPS) is 22.5. The van der Waals surface area contributed by atoms with Crippen LogP contribution in [0, 0.1) is 0 Å². The molecule has 1 fully saturated rings. The number of benzene rings is 1. The van der Waals surface area contributed by atoms with Gasteiger partial charge in [-0.3, -0.25) is 19.3 Å². The third-order valence-corrected chi connectivity index (χ3v) is 5.78. The molecule has 1 atom stereocenters. The van der Waals surface area contributed by atoms with Crippen molar-refractivity contribution >= 4 is 23.3 Å². The molecule has 3 aliphatic rings. The van der Waals surface area contributed by atoms with Crippen LogP contribution < -0.4 is 9.64 Å². The van der Waals surface area contributed by atoms with Crippen molar-refractivity contribution in [3.05, 3.63) is 41.1 Å². The molecule has 0 aliphatic carbocycles. The van der Waals surface area contributed by atoms with Crippen molar-refractivity contribution in [3.8, 4) is 5.75 Å². The van der Waals surface area contributed by atoms with Gasteiger partial charge in [0.05, 0.1) is 19.7 Å². The number of fused-ring (bicyclic) bond motifs is 2. The molecule has 0 spiro atoms. The number of hydroxylamine groups is 2. The Bertz CT molecular complexity index is 1030. The van der Waals surface area contributed by atoms with Gasteiger partial charge in [-0.25, -0.2) is 9.45 Å². The summed E-state index contributed by atoms with van der Waals surface area (Å²) >= 11 is 0. The van der Waals surface area contributed by atoms with Gasteiger partial charge in [0.2, 0.25) is 0 Å². The van der Waals surface area contributed by atoms with E-state index in [1.54, 1.807) is 12.1 Å². The third-order valence-electron chi connectivity index (χ3n) is 5.78. The van der Waals surface area contributed by atoms with Gasteiger partial charge in [0.25, 0.3) is 11.8 Å². The highest BCUT2D eigenvalue weighted by molar-refractivity contribution is 5.98. The van der Waals surface area contributed by atoms with E-state index >= 15 is 0 Å². The lowest BCUT2D eigenvalue weighted by Gasteiger charge is -2.18. The second-order valence-corrected chi connectivity index (χ2v) is 8.09. The lowest BCUT2D eigenvalue weighted by Crippen LogP contribution is -2.32. The number of amides is 2. The first-order valence-corrected chi connectivity index (χ1v) is 10.1. The van der Waals surface area contributed by atoms with Gasteiger partial charge in [0.15, 0.2) is 18.3 Å². The Kier molecular flexibility index (Phi) is 4.25. The van der Waals surface area contributed by atoms with E-state index in [1.165, 1.54) is 16.9 Å². The van der Waals surface area contributed by atoms with Crippen molar-refractivity contribution in [2.45, 2.75) is 32.5 Å². The van der Waals surface area contributed by atoms with E-state index in [0.717, 1.165) is 11.3 Å². The van der Waals surface area contributed by atoms with Crippen molar-refractivity contribution in [2.24, 2.45) is 0 Å². The van der Waals surface area contributed by atoms with Gasteiger partial charge in [-0.15, -0.1) is 0 Å². The molecule has 0 bridgehead atoms. The van der Waals surface area contributed by atoms with Crippen LogP contribution in [-0.2, 0) is 11.4 Å². The highest BCUT2D eigenvalue weighted by Crippen LogP contribution is 2.40. The number of halogens is 1. The van der Waals surface area contributed by atoms with E-state index < -0.39 is 5.67 Å². The maximum Gasteiger partial charge on any atom is 0.278 e. The monoisotopic (exact) mass is 414 g/mol. The van der Waals surface area contributed by atoms with Crippen molar-refractivity contribution in [1.29, 1.82) is 0 Å². The summed E-state index contributed by atoms with van der Waals surface area (Å²) in [5.74, 6) is 0.871. The molecule has 158 valence electrons. The zero-order chi connectivity index (χ0) is 21.0. The average Bonchev–Trinajstić information content (AvgIpc) is 3.45. The molecule has 2 amide bonds. The van der Waals surface area contributed by atoms with E-state index in [2.05, 4.69) is 4.98 Å². The number of aromatic nitrogens is 1. The van der Waals surface area contributed by atoms with Gasteiger partial charge in [0, 0.05) is 30.3 Å². The van der Waals surface area contributed by atoms with E-state index in [-0.39, 0.29) is 18.4 Å². The summed E-state index contributed by atoms with van der Waals surface area (Å²) in [7, 11) is 0. The van der Waals surface area contributed by atoms with Crippen molar-refractivity contribution in [2.75, 3.05) is 31.3 Å². The van der Waals surface area contributed by atoms with Crippen LogP contribution in [0.1, 0.15) is 46.7 Å². The molecule has 3 aliphatic heterocycles. The van der Waals surface area contributed by atoms with Gasteiger partial charge in [-0.1, -0.05) is 0 Å². The van der Waals surface area contributed by atoms with E-state index in [9.17, 15) is 14.0 Å². The maximum absolute atomic E-state index is 14.1. The number of likely N-dealkylation sites (tertiary alicyclic amines) is 1. The first-order valence-electron chi connectivity index (χ1n) is 10.1. The Hall–Kier alpha value is -3.07.